The molecule has 2 bridgehead atoms. The molecule has 2 aromatic rings. The number of benzene rings is 1. The van der Waals surface area contributed by atoms with Gasteiger partial charge in [0.2, 0.25) is 0 Å². The number of aromatic nitrogens is 1. The Bertz CT molecular complexity index is 1880. The van der Waals surface area contributed by atoms with E-state index in [1.807, 2.05) is 83.9 Å². The lowest BCUT2D eigenvalue weighted by Crippen LogP contribution is -2.60. The molecule has 3 saturated heterocycles. The van der Waals surface area contributed by atoms with Gasteiger partial charge in [-0.15, -0.1) is 0 Å². The molecule has 0 unspecified atom stereocenters. The third kappa shape index (κ3) is 8.36. The number of hydrogen-bond donors (Lipinski definition) is 1. The highest BCUT2D eigenvalue weighted by Gasteiger charge is 2.60. The number of para-hydroxylation sites is 1. The molecule has 12 atom stereocenters. The quantitative estimate of drug-likeness (QED) is 0.245. The molecule has 56 heavy (non-hydrogen) atoms. The standard InChI is InChI=1S/C43H58N4O9/c1-10-34-43(7)38-28(5)36(44-17-18-47(38)41(51)56-43)25(2)23-42(6,52-19-13-14-29-21-30-15-11-12-16-31(30)45-24-29)39(27(4)33(48)22-35(49)54-34)55-40-37(50)32(46(8)9)20-26(3)53-40/h11-12,15-16,21,24-28,32,34,37-40,50H,10,17-20,22-23H2,1-9H3/t25-,26-,27+,28+,32+,34-,37-,38-,39-,40+,42+,43-/m1/s1. The van der Waals surface area contributed by atoms with Gasteiger partial charge in [0.05, 0.1) is 35.9 Å². The molecule has 304 valence electrons. The van der Waals surface area contributed by atoms with Crippen molar-refractivity contribution in [3.8, 4) is 11.8 Å². The lowest BCUT2D eigenvalue weighted by Gasteiger charge is -2.47. The maximum absolute atomic E-state index is 14.2. The molecule has 4 aliphatic heterocycles. The van der Waals surface area contributed by atoms with Crippen LogP contribution < -0.4 is 0 Å². The number of carbonyl (C=O) groups excluding carboxylic acids is 3. The van der Waals surface area contributed by atoms with E-state index in [2.05, 4.69) is 23.7 Å². The molecule has 1 N–H and O–H groups in total. The number of hydrogen-bond acceptors (Lipinski definition) is 12. The van der Waals surface area contributed by atoms with Crippen LogP contribution in [0, 0.1) is 29.6 Å². The molecule has 13 heteroatoms. The van der Waals surface area contributed by atoms with Gasteiger partial charge < -0.3 is 33.7 Å². The smallest absolute Gasteiger partial charge is 0.410 e. The number of carbonyl (C=O) groups is 3. The van der Waals surface area contributed by atoms with E-state index < -0.39 is 72.0 Å². The SMILES string of the molecule is CC[C@H]1OC(=O)CC(=O)[C@H](C)[C@@H](O[C@@H]2O[C@H](C)C[C@H](N(C)C)[C@H]2O)[C@@](C)(OCC#Cc2cnc3ccccc3c2)C[C@@H](C)C2=NCCN3C(=O)O[C@@]1(C)[C@H]3[C@H]2C. The average molecular weight is 775 g/mol. The molecule has 0 radical (unpaired) electrons. The molecule has 1 aromatic carbocycles. The number of rotatable bonds is 6. The summed E-state index contributed by atoms with van der Waals surface area (Å²) < 4.78 is 32.0. The molecule has 0 saturated carbocycles. The third-order valence-corrected chi connectivity index (χ3v) is 12.3. The van der Waals surface area contributed by atoms with Crippen molar-refractivity contribution in [1.29, 1.82) is 0 Å². The second-order valence-corrected chi connectivity index (χ2v) is 16.7. The van der Waals surface area contributed by atoms with Crippen LogP contribution in [-0.4, -0.2) is 131 Å². The summed E-state index contributed by atoms with van der Waals surface area (Å²) in [6.45, 7) is 14.0. The van der Waals surface area contributed by atoms with Gasteiger partial charge in [0.15, 0.2) is 11.9 Å². The zero-order chi connectivity index (χ0) is 40.5. The van der Waals surface area contributed by atoms with Gasteiger partial charge in [0.1, 0.15) is 31.0 Å². The Morgan fingerprint density at radius 3 is 2.57 bits per heavy atom. The van der Waals surface area contributed by atoms with E-state index in [9.17, 15) is 19.5 Å². The van der Waals surface area contributed by atoms with E-state index in [0.717, 1.165) is 22.2 Å². The van der Waals surface area contributed by atoms with E-state index in [1.165, 1.54) is 0 Å². The van der Waals surface area contributed by atoms with Gasteiger partial charge in [0, 0.05) is 47.3 Å². The Kier molecular flexibility index (Phi) is 12.6. The van der Waals surface area contributed by atoms with E-state index >= 15 is 0 Å². The van der Waals surface area contributed by atoms with Crippen LogP contribution >= 0.6 is 0 Å². The van der Waals surface area contributed by atoms with E-state index in [0.29, 0.717) is 32.4 Å². The first-order chi connectivity index (χ1) is 26.6. The van der Waals surface area contributed by atoms with Crippen molar-refractivity contribution in [2.24, 2.45) is 22.7 Å². The Balaban J connectivity index is 1.41. The molecule has 1 amide bonds. The second kappa shape index (κ2) is 16.9. The van der Waals surface area contributed by atoms with Crippen molar-refractivity contribution < 1.29 is 43.2 Å². The van der Waals surface area contributed by atoms with E-state index in [-0.39, 0.29) is 30.6 Å². The fourth-order valence-corrected chi connectivity index (χ4v) is 9.50. The van der Waals surface area contributed by atoms with Crippen molar-refractivity contribution in [2.45, 2.75) is 128 Å². The van der Waals surface area contributed by atoms with Gasteiger partial charge in [-0.2, -0.15) is 0 Å². The Labute approximate surface area is 330 Å². The largest absolute Gasteiger partial charge is 0.458 e. The fourth-order valence-electron chi connectivity index (χ4n) is 9.50. The molecule has 0 spiro atoms. The van der Waals surface area contributed by atoms with Crippen LogP contribution in [0.4, 0.5) is 4.79 Å². The predicted octanol–water partition coefficient (Wildman–Crippen LogP) is 4.80. The Morgan fingerprint density at radius 1 is 1.09 bits per heavy atom. The van der Waals surface area contributed by atoms with Crippen LogP contribution in [-0.2, 0) is 33.3 Å². The van der Waals surface area contributed by atoms with Crippen LogP contribution in [0.5, 0.6) is 0 Å². The number of nitrogens with zero attached hydrogens (tertiary/aromatic N) is 4. The number of cyclic esters (lactones) is 1. The summed E-state index contributed by atoms with van der Waals surface area (Å²) in [5.41, 5.74) is 0.0335. The van der Waals surface area contributed by atoms with Crippen molar-refractivity contribution in [3.63, 3.8) is 0 Å². The molecular weight excluding hydrogens is 716 g/mol. The highest BCUT2D eigenvalue weighted by Crippen LogP contribution is 2.43. The minimum Gasteiger partial charge on any atom is -0.458 e. The molecule has 1 aromatic heterocycles. The number of aliphatic hydroxyl groups is 1. The van der Waals surface area contributed by atoms with Gasteiger partial charge in [-0.05, 0) is 72.2 Å². The lowest BCUT2D eigenvalue weighted by molar-refractivity contribution is -0.296. The second-order valence-electron chi connectivity index (χ2n) is 16.7. The van der Waals surface area contributed by atoms with Gasteiger partial charge in [0.25, 0.3) is 0 Å². The fraction of sp³-hybridized carbons (Fsp3) is 0.651. The molecular formula is C43H58N4O9. The number of esters is 1. The normalized spacial score (nSPS) is 36.9. The maximum Gasteiger partial charge on any atom is 0.410 e. The van der Waals surface area contributed by atoms with Gasteiger partial charge >= 0.3 is 12.1 Å². The van der Waals surface area contributed by atoms with E-state index in [1.54, 1.807) is 18.0 Å². The molecule has 0 aliphatic carbocycles. The number of pyridine rings is 1. The molecule has 5 heterocycles. The molecule has 6 rings (SSSR count). The number of likely N-dealkylation sites (N-methyl/N-ethyl adjacent to an activating group) is 1. The molecule has 13 nitrogen and oxygen atoms in total. The number of aliphatic hydroxyl groups excluding tert-OH is 1. The topological polar surface area (TPSA) is 149 Å². The third-order valence-electron chi connectivity index (χ3n) is 12.3. The van der Waals surface area contributed by atoms with Crippen molar-refractivity contribution in [3.05, 3.63) is 42.1 Å². The number of Topliss-reactive ketones (excluding diaryl/α,β-unsaturated/α-hetero) is 1. The number of ether oxygens (including phenoxy) is 5. The van der Waals surface area contributed by atoms with Crippen LogP contribution in [0.3, 0.4) is 0 Å². The van der Waals surface area contributed by atoms with Crippen LogP contribution in [0.2, 0.25) is 0 Å². The van der Waals surface area contributed by atoms with Crippen molar-refractivity contribution >= 4 is 34.5 Å². The number of ketones is 1. The first-order valence-corrected chi connectivity index (χ1v) is 19.9. The first kappa shape index (κ1) is 41.7. The Morgan fingerprint density at radius 2 is 1.84 bits per heavy atom. The zero-order valence-corrected chi connectivity index (χ0v) is 34.2. The minimum atomic E-state index is -1.23. The zero-order valence-electron chi connectivity index (χ0n) is 34.2. The number of amides is 1. The van der Waals surface area contributed by atoms with E-state index in [4.69, 9.17) is 28.7 Å². The van der Waals surface area contributed by atoms with Crippen LogP contribution in [0.25, 0.3) is 10.9 Å². The van der Waals surface area contributed by atoms with Gasteiger partial charge in [-0.1, -0.05) is 57.7 Å². The summed E-state index contributed by atoms with van der Waals surface area (Å²) in [5.74, 6) is 3.74. The average Bonchev–Trinajstić information content (AvgIpc) is 3.28. The first-order valence-electron chi connectivity index (χ1n) is 19.9. The summed E-state index contributed by atoms with van der Waals surface area (Å²) in [6, 6.07) is 9.04. The number of aliphatic imine (C=N–C) groups is 1. The highest BCUT2D eigenvalue weighted by atomic mass is 16.7. The van der Waals surface area contributed by atoms with Crippen molar-refractivity contribution in [2.75, 3.05) is 33.8 Å². The van der Waals surface area contributed by atoms with Crippen molar-refractivity contribution in [1.82, 2.24) is 14.8 Å². The van der Waals surface area contributed by atoms with Crippen LogP contribution in [0.15, 0.2) is 41.5 Å². The van der Waals surface area contributed by atoms with Gasteiger partial charge in [-0.25, -0.2) is 4.79 Å². The van der Waals surface area contributed by atoms with Crippen LogP contribution in [0.1, 0.15) is 79.7 Å². The summed E-state index contributed by atoms with van der Waals surface area (Å²) >= 11 is 0. The summed E-state index contributed by atoms with van der Waals surface area (Å²) in [5, 5.41) is 12.6. The minimum absolute atomic E-state index is 0.0271. The summed E-state index contributed by atoms with van der Waals surface area (Å²) in [7, 11) is 3.79. The highest BCUT2D eigenvalue weighted by molar-refractivity contribution is 5.97. The molecule has 3 fully saturated rings. The monoisotopic (exact) mass is 774 g/mol. The maximum atomic E-state index is 14.2. The summed E-state index contributed by atoms with van der Waals surface area (Å²) in [6.07, 6.45) is -2.20. The number of fused-ring (bicyclic) bond motifs is 2. The predicted molar refractivity (Wildman–Crippen MR) is 210 cm³/mol. The summed E-state index contributed by atoms with van der Waals surface area (Å²) in [4.78, 5) is 54.5. The van der Waals surface area contributed by atoms with Gasteiger partial charge in [-0.3, -0.25) is 24.5 Å². The Hall–Kier alpha value is -3.93. The molecule has 4 aliphatic rings. The lowest BCUT2D eigenvalue weighted by atomic mass is 9.73.